The molecule has 0 aliphatic carbocycles. The average Bonchev–Trinajstić information content (AvgIpc) is 2.12. The van der Waals surface area contributed by atoms with Crippen LogP contribution in [0.15, 0.2) is 0 Å². The lowest BCUT2D eigenvalue weighted by Gasteiger charge is -2.08. The summed E-state index contributed by atoms with van der Waals surface area (Å²) < 4.78 is 0. The molecule has 0 aromatic carbocycles. The van der Waals surface area contributed by atoms with Crippen LogP contribution in [0.3, 0.4) is 0 Å². The Hall–Kier alpha value is -0.610. The van der Waals surface area contributed by atoms with Crippen molar-refractivity contribution in [3.63, 3.8) is 0 Å². The predicted octanol–water partition coefficient (Wildman–Crippen LogP) is 0.00250. The Balaban J connectivity index is 3.30. The number of carbonyl (C=O) groups excluding carboxylic acids is 1. The van der Waals surface area contributed by atoms with E-state index >= 15 is 0 Å². The van der Waals surface area contributed by atoms with Gasteiger partial charge in [-0.15, -0.1) is 0 Å². The smallest absolute Gasteiger partial charge is 0.221 e. The van der Waals surface area contributed by atoms with Crippen molar-refractivity contribution >= 4 is 5.91 Å². The number of carbonyl (C=O) groups is 1. The van der Waals surface area contributed by atoms with Crippen LogP contribution in [0.5, 0.6) is 0 Å². The molecule has 4 N–H and O–H groups in total. The van der Waals surface area contributed by atoms with Crippen molar-refractivity contribution in [3.8, 4) is 0 Å². The Morgan fingerprint density at radius 1 is 1.54 bits per heavy atom. The van der Waals surface area contributed by atoms with Crippen molar-refractivity contribution in [2.45, 2.75) is 38.6 Å². The van der Waals surface area contributed by atoms with Crippen LogP contribution in [0.2, 0.25) is 0 Å². The Morgan fingerprint density at radius 3 is 2.77 bits per heavy atom. The first kappa shape index (κ1) is 12.4. The number of aliphatic hydroxyl groups excluding tert-OH is 1. The van der Waals surface area contributed by atoms with Crippen LogP contribution >= 0.6 is 0 Å². The van der Waals surface area contributed by atoms with Crippen molar-refractivity contribution < 1.29 is 9.90 Å². The van der Waals surface area contributed by atoms with E-state index in [1.807, 2.05) is 6.92 Å². The first-order chi connectivity index (χ1) is 6.20. The van der Waals surface area contributed by atoms with Gasteiger partial charge in [0, 0.05) is 25.6 Å². The van der Waals surface area contributed by atoms with Crippen molar-refractivity contribution in [2.75, 3.05) is 13.2 Å². The monoisotopic (exact) mass is 188 g/mol. The Labute approximate surface area is 79.5 Å². The number of nitrogens with one attached hydrogen (secondary N) is 1. The van der Waals surface area contributed by atoms with Crippen LogP contribution in [-0.2, 0) is 4.79 Å². The van der Waals surface area contributed by atoms with E-state index in [2.05, 4.69) is 5.32 Å². The van der Waals surface area contributed by atoms with Gasteiger partial charge in [-0.2, -0.15) is 0 Å². The van der Waals surface area contributed by atoms with E-state index in [0.717, 1.165) is 19.3 Å². The first-order valence-corrected chi connectivity index (χ1v) is 4.83. The number of unbranched alkanes of at least 4 members (excludes halogenated alkanes) is 1. The normalized spacial score (nSPS) is 12.5. The standard InChI is InChI=1S/C9H20N2O2/c1-2-8(10)7-9(13)11-5-3-4-6-12/h8,12H,2-7,10H2,1H3,(H,11,13). The molecule has 4 nitrogen and oxygen atoms in total. The van der Waals surface area contributed by atoms with Crippen molar-refractivity contribution in [3.05, 3.63) is 0 Å². The summed E-state index contributed by atoms with van der Waals surface area (Å²) >= 11 is 0. The molecule has 0 saturated heterocycles. The molecule has 0 rings (SSSR count). The minimum Gasteiger partial charge on any atom is -0.396 e. The van der Waals surface area contributed by atoms with Gasteiger partial charge in [0.15, 0.2) is 0 Å². The zero-order chi connectivity index (χ0) is 10.1. The molecule has 0 aliphatic heterocycles. The SMILES string of the molecule is CCC(N)CC(=O)NCCCCO. The summed E-state index contributed by atoms with van der Waals surface area (Å²) in [7, 11) is 0. The van der Waals surface area contributed by atoms with Crippen LogP contribution in [0.1, 0.15) is 32.6 Å². The average molecular weight is 188 g/mol. The maximum absolute atomic E-state index is 11.1. The van der Waals surface area contributed by atoms with Crippen molar-refractivity contribution in [1.29, 1.82) is 0 Å². The summed E-state index contributed by atoms with van der Waals surface area (Å²) in [5.74, 6) is 0.00675. The van der Waals surface area contributed by atoms with E-state index in [0.29, 0.717) is 13.0 Å². The number of hydrogen-bond acceptors (Lipinski definition) is 3. The molecular formula is C9H20N2O2. The first-order valence-electron chi connectivity index (χ1n) is 4.83. The molecule has 13 heavy (non-hydrogen) atoms. The largest absolute Gasteiger partial charge is 0.396 e. The van der Waals surface area contributed by atoms with Gasteiger partial charge in [-0.05, 0) is 19.3 Å². The van der Waals surface area contributed by atoms with E-state index in [4.69, 9.17) is 10.8 Å². The topological polar surface area (TPSA) is 75.4 Å². The summed E-state index contributed by atoms with van der Waals surface area (Å²) in [6, 6.07) is -0.0298. The van der Waals surface area contributed by atoms with Gasteiger partial charge >= 0.3 is 0 Å². The van der Waals surface area contributed by atoms with Gasteiger partial charge in [0.05, 0.1) is 0 Å². The highest BCUT2D eigenvalue weighted by molar-refractivity contribution is 5.76. The summed E-state index contributed by atoms with van der Waals surface area (Å²) in [5.41, 5.74) is 5.60. The van der Waals surface area contributed by atoms with E-state index in [1.165, 1.54) is 0 Å². The van der Waals surface area contributed by atoms with Gasteiger partial charge in [-0.3, -0.25) is 4.79 Å². The highest BCUT2D eigenvalue weighted by atomic mass is 16.2. The molecule has 0 aromatic rings. The van der Waals surface area contributed by atoms with Crippen LogP contribution in [0.25, 0.3) is 0 Å². The molecule has 0 radical (unpaired) electrons. The molecule has 0 fully saturated rings. The van der Waals surface area contributed by atoms with Crippen LogP contribution < -0.4 is 11.1 Å². The number of nitrogens with two attached hydrogens (primary N) is 1. The summed E-state index contributed by atoms with van der Waals surface area (Å²) in [6.07, 6.45) is 2.78. The highest BCUT2D eigenvalue weighted by Crippen LogP contribution is 1.93. The molecule has 1 atom stereocenters. The fourth-order valence-corrected chi connectivity index (χ4v) is 0.919. The molecule has 0 spiro atoms. The number of aliphatic hydroxyl groups is 1. The second kappa shape index (κ2) is 8.01. The Kier molecular flexibility index (Phi) is 7.63. The maximum Gasteiger partial charge on any atom is 0.221 e. The minimum absolute atomic E-state index is 0.00675. The van der Waals surface area contributed by atoms with E-state index in [9.17, 15) is 4.79 Å². The van der Waals surface area contributed by atoms with E-state index in [-0.39, 0.29) is 18.6 Å². The van der Waals surface area contributed by atoms with Crippen LogP contribution in [0, 0.1) is 0 Å². The molecule has 0 aliphatic rings. The van der Waals surface area contributed by atoms with Crippen molar-refractivity contribution in [1.82, 2.24) is 5.32 Å². The van der Waals surface area contributed by atoms with Crippen LogP contribution in [-0.4, -0.2) is 30.2 Å². The third kappa shape index (κ3) is 7.74. The number of amides is 1. The second-order valence-corrected chi connectivity index (χ2v) is 3.15. The minimum atomic E-state index is -0.0298. The number of rotatable bonds is 7. The Morgan fingerprint density at radius 2 is 2.23 bits per heavy atom. The lowest BCUT2D eigenvalue weighted by Crippen LogP contribution is -2.31. The molecule has 0 aromatic heterocycles. The third-order valence-corrected chi connectivity index (χ3v) is 1.88. The molecule has 0 saturated carbocycles. The summed E-state index contributed by atoms with van der Waals surface area (Å²) in [6.45, 7) is 2.78. The number of hydrogen-bond donors (Lipinski definition) is 3. The molecule has 0 bridgehead atoms. The second-order valence-electron chi connectivity index (χ2n) is 3.15. The highest BCUT2D eigenvalue weighted by Gasteiger charge is 2.05. The van der Waals surface area contributed by atoms with Gasteiger partial charge in [0.2, 0.25) is 5.91 Å². The third-order valence-electron chi connectivity index (χ3n) is 1.88. The zero-order valence-corrected chi connectivity index (χ0v) is 8.25. The fourth-order valence-electron chi connectivity index (χ4n) is 0.919. The lowest BCUT2D eigenvalue weighted by atomic mass is 10.1. The van der Waals surface area contributed by atoms with Crippen molar-refractivity contribution in [2.24, 2.45) is 5.73 Å². The van der Waals surface area contributed by atoms with E-state index in [1.54, 1.807) is 0 Å². The predicted molar refractivity (Wildman–Crippen MR) is 52.2 cm³/mol. The molecular weight excluding hydrogens is 168 g/mol. The van der Waals surface area contributed by atoms with Gasteiger partial charge < -0.3 is 16.2 Å². The fraction of sp³-hybridized carbons (Fsp3) is 0.889. The molecule has 78 valence electrons. The van der Waals surface area contributed by atoms with Gasteiger partial charge in [0.1, 0.15) is 0 Å². The van der Waals surface area contributed by atoms with E-state index < -0.39 is 0 Å². The van der Waals surface area contributed by atoms with Gasteiger partial charge in [-0.1, -0.05) is 6.92 Å². The Bertz CT molecular complexity index is 140. The summed E-state index contributed by atoms with van der Waals surface area (Å²) in [5, 5.41) is 11.2. The lowest BCUT2D eigenvalue weighted by molar-refractivity contribution is -0.121. The van der Waals surface area contributed by atoms with Gasteiger partial charge in [-0.25, -0.2) is 0 Å². The molecule has 1 amide bonds. The molecule has 4 heteroatoms. The zero-order valence-electron chi connectivity index (χ0n) is 8.25. The molecule has 0 heterocycles. The maximum atomic E-state index is 11.1. The molecule has 1 unspecified atom stereocenters. The quantitative estimate of drug-likeness (QED) is 0.492. The summed E-state index contributed by atoms with van der Waals surface area (Å²) in [4.78, 5) is 11.1. The van der Waals surface area contributed by atoms with Crippen LogP contribution in [0.4, 0.5) is 0 Å². The van der Waals surface area contributed by atoms with Gasteiger partial charge in [0.25, 0.3) is 0 Å².